The molecule has 1 aliphatic heterocycles. The lowest BCUT2D eigenvalue weighted by atomic mass is 10.1. The summed E-state index contributed by atoms with van der Waals surface area (Å²) >= 11 is 0. The number of rotatable bonds is 4. The Morgan fingerprint density at radius 3 is 2.81 bits per heavy atom. The van der Waals surface area contributed by atoms with Crippen molar-refractivity contribution >= 4 is 5.91 Å². The van der Waals surface area contributed by atoms with E-state index in [4.69, 9.17) is 0 Å². The maximum atomic E-state index is 13.0. The number of nitrogens with one attached hydrogen (secondary N) is 1. The second kappa shape index (κ2) is 6.12. The molecule has 0 bridgehead atoms. The molecule has 0 unspecified atom stereocenters. The molecule has 26 heavy (non-hydrogen) atoms. The van der Waals surface area contributed by atoms with Gasteiger partial charge in [0.15, 0.2) is 0 Å². The van der Waals surface area contributed by atoms with E-state index < -0.39 is 0 Å². The van der Waals surface area contributed by atoms with E-state index in [2.05, 4.69) is 20.0 Å². The molecule has 1 atom stereocenters. The Morgan fingerprint density at radius 1 is 1.15 bits per heavy atom. The van der Waals surface area contributed by atoms with Gasteiger partial charge in [0, 0.05) is 37.3 Å². The van der Waals surface area contributed by atoms with E-state index in [1.165, 1.54) is 0 Å². The van der Waals surface area contributed by atoms with E-state index in [1.54, 1.807) is 6.20 Å². The number of imidazole rings is 1. The van der Waals surface area contributed by atoms with Gasteiger partial charge in [0.2, 0.25) is 0 Å². The number of hydrogen-bond acceptors (Lipinski definition) is 3. The van der Waals surface area contributed by atoms with Crippen LogP contribution in [0.15, 0.2) is 48.9 Å². The third-order valence-corrected chi connectivity index (χ3v) is 5.29. The van der Waals surface area contributed by atoms with E-state index in [0.29, 0.717) is 11.5 Å². The second-order valence-corrected chi connectivity index (χ2v) is 7.17. The maximum Gasteiger partial charge on any atom is 0.255 e. The number of aryl methyl sites for hydroxylation is 1. The molecule has 0 radical (unpaired) electrons. The van der Waals surface area contributed by atoms with Gasteiger partial charge < -0.3 is 9.88 Å². The van der Waals surface area contributed by atoms with E-state index >= 15 is 0 Å². The summed E-state index contributed by atoms with van der Waals surface area (Å²) in [5.41, 5.74) is 2.77. The molecule has 6 heteroatoms. The van der Waals surface area contributed by atoms with Crippen molar-refractivity contribution in [2.45, 2.75) is 44.2 Å². The van der Waals surface area contributed by atoms with Crippen molar-refractivity contribution in [3.63, 3.8) is 0 Å². The Labute approximate surface area is 151 Å². The van der Waals surface area contributed by atoms with Crippen LogP contribution in [0.5, 0.6) is 0 Å². The van der Waals surface area contributed by atoms with Crippen molar-refractivity contribution in [2.24, 2.45) is 0 Å². The largest absolute Gasteiger partial charge is 0.347 e. The van der Waals surface area contributed by atoms with Gasteiger partial charge in [-0.15, -0.1) is 0 Å². The van der Waals surface area contributed by atoms with Gasteiger partial charge in [-0.25, -0.2) is 9.67 Å². The summed E-state index contributed by atoms with van der Waals surface area (Å²) in [7, 11) is 0. The summed E-state index contributed by atoms with van der Waals surface area (Å²) in [5.74, 6) is 1.53. The quantitative estimate of drug-likeness (QED) is 0.789. The van der Waals surface area contributed by atoms with Crippen LogP contribution in [0.4, 0.5) is 0 Å². The smallest absolute Gasteiger partial charge is 0.255 e. The number of benzene rings is 1. The van der Waals surface area contributed by atoms with Crippen molar-refractivity contribution in [3.05, 3.63) is 66.0 Å². The van der Waals surface area contributed by atoms with Crippen molar-refractivity contribution in [2.75, 3.05) is 0 Å². The van der Waals surface area contributed by atoms with Crippen LogP contribution in [0.1, 0.15) is 47.1 Å². The first-order valence-electron chi connectivity index (χ1n) is 9.24. The van der Waals surface area contributed by atoms with Crippen molar-refractivity contribution < 1.29 is 4.79 Å². The van der Waals surface area contributed by atoms with Crippen LogP contribution in [0.3, 0.4) is 0 Å². The van der Waals surface area contributed by atoms with Gasteiger partial charge in [-0.05, 0) is 31.4 Å². The molecule has 3 aromatic rings. The molecule has 3 heterocycles. The Kier molecular flexibility index (Phi) is 3.62. The minimum absolute atomic E-state index is 0.0114. The summed E-state index contributed by atoms with van der Waals surface area (Å²) < 4.78 is 4.06. The third-order valence-electron chi connectivity index (χ3n) is 5.29. The Bertz CT molecular complexity index is 938. The average molecular weight is 347 g/mol. The van der Waals surface area contributed by atoms with Crippen molar-refractivity contribution in [3.8, 4) is 5.69 Å². The minimum Gasteiger partial charge on any atom is -0.347 e. The van der Waals surface area contributed by atoms with E-state index in [9.17, 15) is 4.79 Å². The Hall–Kier alpha value is -2.89. The zero-order valence-electron chi connectivity index (χ0n) is 14.5. The van der Waals surface area contributed by atoms with E-state index in [1.807, 2.05) is 47.4 Å². The molecule has 0 spiro atoms. The molecule has 1 aromatic carbocycles. The topological polar surface area (TPSA) is 64.7 Å². The number of carbonyl (C=O) groups excluding carboxylic acids is 1. The number of nitrogens with zero attached hydrogens (tertiary/aromatic N) is 4. The Balaban J connectivity index is 1.40. The molecular formula is C20H21N5O. The number of hydrogen-bond donors (Lipinski definition) is 1. The summed E-state index contributed by atoms with van der Waals surface area (Å²) in [5, 5.41) is 7.74. The molecule has 2 aromatic heterocycles. The summed E-state index contributed by atoms with van der Waals surface area (Å²) in [6.07, 6.45) is 9.61. The van der Waals surface area contributed by atoms with Crippen LogP contribution in [0.2, 0.25) is 0 Å². The molecule has 1 fully saturated rings. The number of amides is 1. The molecule has 1 amide bonds. The van der Waals surface area contributed by atoms with Crippen LogP contribution in [0, 0.1) is 0 Å². The highest BCUT2D eigenvalue weighted by Crippen LogP contribution is 2.42. The van der Waals surface area contributed by atoms with E-state index in [0.717, 1.165) is 49.4 Å². The number of fused-ring (bicyclic) bond motifs is 1. The molecule has 1 aliphatic carbocycles. The fraction of sp³-hybridized carbons (Fsp3) is 0.350. The average Bonchev–Trinajstić information content (AvgIpc) is 3.23. The molecule has 1 saturated carbocycles. The van der Waals surface area contributed by atoms with Gasteiger partial charge in [0.25, 0.3) is 5.91 Å². The SMILES string of the molecule is O=C(N[C@@H]1CCc2nccn2C1)c1cnn(-c2ccccc2)c1C1CC1. The summed E-state index contributed by atoms with van der Waals surface area (Å²) in [6.45, 7) is 0.784. The highest BCUT2D eigenvalue weighted by atomic mass is 16.1. The standard InChI is InChI=1S/C20H21N5O/c26-20(23-15-8-9-18-21-10-11-24(18)13-15)17-12-22-25(19(17)14-6-7-14)16-4-2-1-3-5-16/h1-5,10-12,14-15H,6-9,13H2,(H,23,26)/t15-/m1/s1. The molecule has 6 nitrogen and oxygen atoms in total. The number of aromatic nitrogens is 4. The van der Waals surface area contributed by atoms with Crippen LogP contribution < -0.4 is 5.32 Å². The van der Waals surface area contributed by atoms with Gasteiger partial charge in [-0.2, -0.15) is 5.10 Å². The predicted molar refractivity (Wildman–Crippen MR) is 97.3 cm³/mol. The predicted octanol–water partition coefficient (Wildman–Crippen LogP) is 2.69. The van der Waals surface area contributed by atoms with Gasteiger partial charge in [-0.3, -0.25) is 4.79 Å². The first-order valence-corrected chi connectivity index (χ1v) is 9.24. The first-order chi connectivity index (χ1) is 12.8. The molecule has 132 valence electrons. The van der Waals surface area contributed by atoms with E-state index in [-0.39, 0.29) is 11.9 Å². The molecule has 5 rings (SSSR count). The monoisotopic (exact) mass is 347 g/mol. The van der Waals surface area contributed by atoms with Gasteiger partial charge in [0.1, 0.15) is 5.82 Å². The van der Waals surface area contributed by atoms with Crippen LogP contribution in [0.25, 0.3) is 5.69 Å². The first kappa shape index (κ1) is 15.4. The molecule has 0 saturated heterocycles. The number of carbonyl (C=O) groups is 1. The van der Waals surface area contributed by atoms with Crippen molar-refractivity contribution in [1.82, 2.24) is 24.6 Å². The minimum atomic E-state index is -0.0114. The molecular weight excluding hydrogens is 326 g/mol. The fourth-order valence-corrected chi connectivity index (χ4v) is 3.80. The normalized spacial score (nSPS) is 19.2. The van der Waals surface area contributed by atoms with Gasteiger partial charge >= 0.3 is 0 Å². The maximum absolute atomic E-state index is 13.0. The molecule has 1 N–H and O–H groups in total. The second-order valence-electron chi connectivity index (χ2n) is 7.17. The fourth-order valence-electron chi connectivity index (χ4n) is 3.80. The van der Waals surface area contributed by atoms with Crippen molar-refractivity contribution in [1.29, 1.82) is 0 Å². The highest BCUT2D eigenvalue weighted by molar-refractivity contribution is 5.95. The zero-order chi connectivity index (χ0) is 17.5. The third kappa shape index (κ3) is 2.71. The highest BCUT2D eigenvalue weighted by Gasteiger charge is 2.33. The van der Waals surface area contributed by atoms with Gasteiger partial charge in [0.05, 0.1) is 23.1 Å². The summed E-state index contributed by atoms with van der Waals surface area (Å²) in [4.78, 5) is 17.3. The van der Waals surface area contributed by atoms with Gasteiger partial charge in [-0.1, -0.05) is 18.2 Å². The van der Waals surface area contributed by atoms with Crippen LogP contribution in [-0.2, 0) is 13.0 Å². The van der Waals surface area contributed by atoms with Crippen LogP contribution in [-0.4, -0.2) is 31.3 Å². The van der Waals surface area contributed by atoms with Crippen LogP contribution >= 0.6 is 0 Å². The molecule has 2 aliphatic rings. The lowest BCUT2D eigenvalue weighted by Gasteiger charge is -2.24. The summed E-state index contributed by atoms with van der Waals surface area (Å²) in [6, 6.07) is 10.2. The lowest BCUT2D eigenvalue weighted by molar-refractivity contribution is 0.0926. The Morgan fingerprint density at radius 2 is 2.00 bits per heavy atom. The number of para-hydroxylation sites is 1. The lowest BCUT2D eigenvalue weighted by Crippen LogP contribution is -2.41. The zero-order valence-corrected chi connectivity index (χ0v) is 14.5.